The van der Waals surface area contributed by atoms with E-state index in [0.29, 0.717) is 12.2 Å². The number of hydrogen-bond donors (Lipinski definition) is 0. The summed E-state index contributed by atoms with van der Waals surface area (Å²) in [6, 6.07) is 4.03. The van der Waals surface area contributed by atoms with Crippen molar-refractivity contribution in [2.24, 2.45) is 0 Å². The molecule has 0 aliphatic heterocycles. The molecule has 0 radical (unpaired) electrons. The molecule has 0 saturated carbocycles. The van der Waals surface area contributed by atoms with E-state index in [-0.39, 0.29) is 29.1 Å². The van der Waals surface area contributed by atoms with Crippen LogP contribution in [0.2, 0.25) is 0 Å². The van der Waals surface area contributed by atoms with Crippen LogP contribution < -0.4 is 0 Å². The second-order valence-electron chi connectivity index (χ2n) is 3.77. The quantitative estimate of drug-likeness (QED) is 0.596. The molecule has 0 saturated heterocycles. The van der Waals surface area contributed by atoms with E-state index in [9.17, 15) is 14.0 Å². The predicted octanol–water partition coefficient (Wildman–Crippen LogP) is 3.50. The van der Waals surface area contributed by atoms with Gasteiger partial charge in [0.25, 0.3) is 0 Å². The third kappa shape index (κ3) is 4.56. The van der Waals surface area contributed by atoms with Gasteiger partial charge in [-0.05, 0) is 40.5 Å². The molecule has 0 bridgehead atoms. The van der Waals surface area contributed by atoms with Crippen molar-refractivity contribution in [3.63, 3.8) is 0 Å². The number of carbonyl (C=O) groups excluding carboxylic acids is 2. The lowest BCUT2D eigenvalue weighted by Crippen LogP contribution is -2.08. The number of ether oxygens (including phenoxy) is 1. The fourth-order valence-electron chi connectivity index (χ4n) is 1.32. The van der Waals surface area contributed by atoms with Crippen molar-refractivity contribution < 1.29 is 18.7 Å². The van der Waals surface area contributed by atoms with Gasteiger partial charge >= 0.3 is 5.97 Å². The molecule has 0 unspecified atom stereocenters. The van der Waals surface area contributed by atoms with E-state index < -0.39 is 5.82 Å². The number of hydrogen-bond acceptors (Lipinski definition) is 3. The first kappa shape index (κ1) is 14.8. The van der Waals surface area contributed by atoms with Gasteiger partial charge in [0.15, 0.2) is 5.78 Å². The van der Waals surface area contributed by atoms with Gasteiger partial charge in [0, 0.05) is 12.0 Å². The molecule has 1 rings (SSSR count). The zero-order chi connectivity index (χ0) is 13.5. The molecule has 0 fully saturated rings. The second-order valence-corrected chi connectivity index (χ2v) is 4.63. The van der Waals surface area contributed by atoms with Gasteiger partial charge in [-0.3, -0.25) is 9.59 Å². The SMILES string of the molecule is CCCOC(=O)CCC(=O)c1ccc(F)c(Br)c1. The van der Waals surface area contributed by atoms with Crippen LogP contribution in [0.4, 0.5) is 4.39 Å². The Bertz CT molecular complexity index is 446. The smallest absolute Gasteiger partial charge is 0.306 e. The Morgan fingerprint density at radius 1 is 1.33 bits per heavy atom. The fraction of sp³-hybridized carbons (Fsp3) is 0.385. The Labute approximate surface area is 113 Å². The van der Waals surface area contributed by atoms with Crippen molar-refractivity contribution in [3.05, 3.63) is 34.1 Å². The zero-order valence-corrected chi connectivity index (χ0v) is 11.6. The highest BCUT2D eigenvalue weighted by atomic mass is 79.9. The van der Waals surface area contributed by atoms with E-state index >= 15 is 0 Å². The molecule has 1 aromatic rings. The first-order chi connectivity index (χ1) is 8.54. The minimum atomic E-state index is -0.422. The maximum Gasteiger partial charge on any atom is 0.306 e. The largest absolute Gasteiger partial charge is 0.466 e. The lowest BCUT2D eigenvalue weighted by atomic mass is 10.1. The van der Waals surface area contributed by atoms with Crippen LogP contribution in [0.15, 0.2) is 22.7 Å². The number of rotatable bonds is 6. The molecule has 5 heteroatoms. The van der Waals surface area contributed by atoms with Crippen molar-refractivity contribution in [1.29, 1.82) is 0 Å². The van der Waals surface area contributed by atoms with E-state index in [0.717, 1.165) is 6.42 Å². The summed E-state index contributed by atoms with van der Waals surface area (Å²) in [6.45, 7) is 2.27. The summed E-state index contributed by atoms with van der Waals surface area (Å²) in [4.78, 5) is 23.0. The number of esters is 1. The lowest BCUT2D eigenvalue weighted by molar-refractivity contribution is -0.143. The Hall–Kier alpha value is -1.23. The molecule has 98 valence electrons. The van der Waals surface area contributed by atoms with Crippen LogP contribution in [-0.4, -0.2) is 18.4 Å². The first-order valence-corrected chi connectivity index (χ1v) is 6.47. The van der Waals surface area contributed by atoms with Crippen molar-refractivity contribution in [2.75, 3.05) is 6.61 Å². The molecule has 0 amide bonds. The van der Waals surface area contributed by atoms with Gasteiger partial charge in [-0.15, -0.1) is 0 Å². The van der Waals surface area contributed by atoms with Crippen LogP contribution in [0.3, 0.4) is 0 Å². The maximum atomic E-state index is 13.0. The molecule has 0 spiro atoms. The topological polar surface area (TPSA) is 43.4 Å². The van der Waals surface area contributed by atoms with Crippen LogP contribution >= 0.6 is 15.9 Å². The van der Waals surface area contributed by atoms with E-state index in [2.05, 4.69) is 15.9 Å². The molecular weight excluding hydrogens is 303 g/mol. The van der Waals surface area contributed by atoms with Gasteiger partial charge in [0.05, 0.1) is 17.5 Å². The van der Waals surface area contributed by atoms with Crippen LogP contribution in [0.5, 0.6) is 0 Å². The Morgan fingerprint density at radius 2 is 2.06 bits per heavy atom. The summed E-state index contributed by atoms with van der Waals surface area (Å²) >= 11 is 3.01. The van der Waals surface area contributed by atoms with Crippen molar-refractivity contribution in [1.82, 2.24) is 0 Å². The Kier molecular flexibility index (Phi) is 5.98. The average molecular weight is 317 g/mol. The molecule has 0 N–H and O–H groups in total. The number of ketones is 1. The zero-order valence-electron chi connectivity index (χ0n) is 10.0. The molecule has 0 aromatic heterocycles. The van der Waals surface area contributed by atoms with Gasteiger partial charge in [-0.25, -0.2) is 4.39 Å². The van der Waals surface area contributed by atoms with Crippen LogP contribution in [0, 0.1) is 5.82 Å². The fourth-order valence-corrected chi connectivity index (χ4v) is 1.70. The van der Waals surface area contributed by atoms with Crippen LogP contribution in [0.1, 0.15) is 36.5 Å². The highest BCUT2D eigenvalue weighted by Crippen LogP contribution is 2.18. The molecule has 0 aliphatic rings. The number of halogens is 2. The van der Waals surface area contributed by atoms with Crippen molar-refractivity contribution in [3.8, 4) is 0 Å². The lowest BCUT2D eigenvalue weighted by Gasteiger charge is -2.03. The summed E-state index contributed by atoms with van der Waals surface area (Å²) in [5.41, 5.74) is 0.381. The van der Waals surface area contributed by atoms with Gasteiger partial charge in [-0.2, -0.15) is 0 Å². The maximum absolute atomic E-state index is 13.0. The third-order valence-corrected chi connectivity index (χ3v) is 2.87. The summed E-state index contributed by atoms with van der Waals surface area (Å²) in [5.74, 6) is -1.01. The van der Waals surface area contributed by atoms with E-state index in [4.69, 9.17) is 4.74 Å². The van der Waals surface area contributed by atoms with E-state index in [1.54, 1.807) is 0 Å². The van der Waals surface area contributed by atoms with E-state index in [1.165, 1.54) is 18.2 Å². The number of carbonyl (C=O) groups is 2. The average Bonchev–Trinajstić information content (AvgIpc) is 2.36. The number of Topliss-reactive ketones (excluding diaryl/α,β-unsaturated/α-hetero) is 1. The normalized spacial score (nSPS) is 10.2. The van der Waals surface area contributed by atoms with Crippen LogP contribution in [0.25, 0.3) is 0 Å². The molecule has 0 aliphatic carbocycles. The second kappa shape index (κ2) is 7.26. The predicted molar refractivity (Wildman–Crippen MR) is 68.9 cm³/mol. The summed E-state index contributed by atoms with van der Waals surface area (Å²) in [7, 11) is 0. The third-order valence-electron chi connectivity index (χ3n) is 2.26. The van der Waals surface area contributed by atoms with Crippen molar-refractivity contribution >= 4 is 27.7 Å². The summed E-state index contributed by atoms with van der Waals surface area (Å²) < 4.78 is 18.1. The summed E-state index contributed by atoms with van der Waals surface area (Å²) in [6.07, 6.45) is 0.874. The van der Waals surface area contributed by atoms with Gasteiger partial charge < -0.3 is 4.74 Å². The minimum Gasteiger partial charge on any atom is -0.466 e. The van der Waals surface area contributed by atoms with Crippen molar-refractivity contribution in [2.45, 2.75) is 26.2 Å². The summed E-state index contributed by atoms with van der Waals surface area (Å²) in [5, 5.41) is 0. The molecule has 0 heterocycles. The monoisotopic (exact) mass is 316 g/mol. The minimum absolute atomic E-state index is 0.0494. The first-order valence-electron chi connectivity index (χ1n) is 5.68. The highest BCUT2D eigenvalue weighted by Gasteiger charge is 2.11. The van der Waals surface area contributed by atoms with Gasteiger partial charge in [0.1, 0.15) is 5.82 Å². The van der Waals surface area contributed by atoms with Gasteiger partial charge in [0.2, 0.25) is 0 Å². The molecule has 3 nitrogen and oxygen atoms in total. The van der Waals surface area contributed by atoms with Gasteiger partial charge in [-0.1, -0.05) is 6.92 Å². The van der Waals surface area contributed by atoms with Crippen LogP contribution in [-0.2, 0) is 9.53 Å². The Balaban J connectivity index is 2.50. The standard InChI is InChI=1S/C13H14BrFO3/c1-2-7-18-13(17)6-5-12(16)9-3-4-11(15)10(14)8-9/h3-4,8H,2,5-7H2,1H3. The molecular formula is C13H14BrFO3. The molecule has 0 atom stereocenters. The Morgan fingerprint density at radius 3 is 2.67 bits per heavy atom. The van der Waals surface area contributed by atoms with E-state index in [1.807, 2.05) is 6.92 Å². The molecule has 1 aromatic carbocycles. The highest BCUT2D eigenvalue weighted by molar-refractivity contribution is 9.10. The number of benzene rings is 1. The molecule has 18 heavy (non-hydrogen) atoms.